The zero-order chi connectivity index (χ0) is 27.9. The van der Waals surface area contributed by atoms with E-state index >= 15 is 0 Å². The van der Waals surface area contributed by atoms with Crippen LogP contribution in [0, 0.1) is 0 Å². The van der Waals surface area contributed by atoms with Crippen LogP contribution in [-0.4, -0.2) is 28.7 Å². The quantitative estimate of drug-likeness (QED) is 0.171. The molecule has 0 fully saturated rings. The summed E-state index contributed by atoms with van der Waals surface area (Å²) in [4.78, 5) is 29.0. The normalized spacial score (nSPS) is 13.4. The van der Waals surface area contributed by atoms with E-state index in [1.807, 2.05) is 78.9 Å². The highest BCUT2D eigenvalue weighted by Crippen LogP contribution is 2.34. The third-order valence-corrected chi connectivity index (χ3v) is 7.10. The first-order chi connectivity index (χ1) is 19.6. The predicted molar refractivity (Wildman–Crippen MR) is 160 cm³/mol. The molecule has 1 atom stereocenters. The van der Waals surface area contributed by atoms with Gasteiger partial charge in [-0.2, -0.15) is 0 Å². The molecule has 0 spiro atoms. The zero-order valence-corrected chi connectivity index (χ0v) is 22.5. The SMILES string of the molecule is C=CCCCN1CN(C(c2ccccc2)c2ccccc2C=C)n2ccc(=O)c(OCc3ccccc3)c2C1=O. The third kappa shape index (κ3) is 5.47. The topological polar surface area (TPSA) is 54.8 Å². The Kier molecular flexibility index (Phi) is 8.26. The molecule has 1 aliphatic heterocycles. The summed E-state index contributed by atoms with van der Waals surface area (Å²) in [5, 5.41) is 2.12. The van der Waals surface area contributed by atoms with Crippen molar-refractivity contribution >= 4 is 12.0 Å². The lowest BCUT2D eigenvalue weighted by Crippen LogP contribution is -2.55. The molecule has 0 saturated carbocycles. The van der Waals surface area contributed by atoms with Gasteiger partial charge in [0.2, 0.25) is 5.43 Å². The number of carbonyl (C=O) groups excluding carboxylic acids is 1. The smallest absolute Gasteiger partial charge is 0.277 e. The summed E-state index contributed by atoms with van der Waals surface area (Å²) in [5.41, 5.74) is 3.90. The van der Waals surface area contributed by atoms with Crippen LogP contribution in [0.3, 0.4) is 0 Å². The molecule has 0 radical (unpaired) electrons. The van der Waals surface area contributed by atoms with Gasteiger partial charge in [0.05, 0.1) is 6.04 Å². The number of fused-ring (bicyclic) bond motifs is 1. The third-order valence-electron chi connectivity index (χ3n) is 7.10. The van der Waals surface area contributed by atoms with Crippen molar-refractivity contribution in [2.45, 2.75) is 25.5 Å². The van der Waals surface area contributed by atoms with Gasteiger partial charge in [-0.3, -0.25) is 19.3 Å². The van der Waals surface area contributed by atoms with Gasteiger partial charge in [0.25, 0.3) is 5.91 Å². The van der Waals surface area contributed by atoms with Crippen LogP contribution < -0.4 is 15.2 Å². The minimum absolute atomic E-state index is 0.0543. The van der Waals surface area contributed by atoms with Gasteiger partial charge in [-0.05, 0) is 35.1 Å². The first-order valence-electron chi connectivity index (χ1n) is 13.5. The van der Waals surface area contributed by atoms with Crippen LogP contribution in [0.5, 0.6) is 5.75 Å². The Labute approximate surface area is 235 Å². The van der Waals surface area contributed by atoms with Crippen molar-refractivity contribution in [3.8, 4) is 5.75 Å². The number of allylic oxidation sites excluding steroid dienone is 1. The summed E-state index contributed by atoms with van der Waals surface area (Å²) in [5.74, 6) is -0.177. The van der Waals surface area contributed by atoms with E-state index in [9.17, 15) is 9.59 Å². The van der Waals surface area contributed by atoms with E-state index in [4.69, 9.17) is 4.74 Å². The lowest BCUT2D eigenvalue weighted by Gasteiger charge is -2.44. The number of amides is 1. The number of pyridine rings is 1. The molecule has 0 saturated heterocycles. The van der Waals surface area contributed by atoms with E-state index < -0.39 is 0 Å². The summed E-state index contributed by atoms with van der Waals surface area (Å²) < 4.78 is 7.91. The molecule has 202 valence electrons. The van der Waals surface area contributed by atoms with Crippen LogP contribution in [0.4, 0.5) is 0 Å². The second kappa shape index (κ2) is 12.3. The van der Waals surface area contributed by atoms with Crippen LogP contribution in [0.1, 0.15) is 51.6 Å². The minimum atomic E-state index is -0.328. The Bertz CT molecular complexity index is 1550. The molecule has 1 aliphatic rings. The highest BCUT2D eigenvalue weighted by Gasteiger charge is 2.37. The van der Waals surface area contributed by atoms with E-state index in [1.165, 1.54) is 6.07 Å². The van der Waals surface area contributed by atoms with Crippen LogP contribution in [-0.2, 0) is 6.61 Å². The van der Waals surface area contributed by atoms with Gasteiger partial charge in [-0.25, -0.2) is 0 Å². The average molecular weight is 532 g/mol. The first kappa shape index (κ1) is 26.8. The fourth-order valence-electron chi connectivity index (χ4n) is 5.14. The highest BCUT2D eigenvalue weighted by atomic mass is 16.5. The maximum atomic E-state index is 14.0. The Morgan fingerprint density at radius 3 is 2.30 bits per heavy atom. The molecular weight excluding hydrogens is 498 g/mol. The molecule has 1 unspecified atom stereocenters. The average Bonchev–Trinajstić information content (AvgIpc) is 3.00. The lowest BCUT2D eigenvalue weighted by molar-refractivity contribution is 0.0675. The second-order valence-corrected chi connectivity index (χ2v) is 9.70. The maximum absolute atomic E-state index is 14.0. The van der Waals surface area contributed by atoms with E-state index in [2.05, 4.69) is 36.4 Å². The van der Waals surface area contributed by atoms with Crippen molar-refractivity contribution in [1.82, 2.24) is 9.58 Å². The number of hydrogen-bond acceptors (Lipinski definition) is 4. The fraction of sp³-hybridized carbons (Fsp3) is 0.176. The van der Waals surface area contributed by atoms with Crippen molar-refractivity contribution < 1.29 is 9.53 Å². The zero-order valence-electron chi connectivity index (χ0n) is 22.5. The number of benzene rings is 3. The van der Waals surface area contributed by atoms with Gasteiger partial charge < -0.3 is 9.64 Å². The van der Waals surface area contributed by atoms with Gasteiger partial charge in [-0.1, -0.05) is 104 Å². The van der Waals surface area contributed by atoms with Crippen LogP contribution in [0.2, 0.25) is 0 Å². The largest absolute Gasteiger partial charge is 0.482 e. The summed E-state index contributed by atoms with van der Waals surface area (Å²) in [6.45, 7) is 8.91. The molecule has 2 heterocycles. The standard InChI is InChI=1S/C34H33N3O3/c1-3-5-14-22-35-25-37(31(28-18-10-7-11-19-28)29-20-13-12-17-27(29)4-2)36-23-21-30(38)33(32(36)34(35)39)40-24-26-15-8-6-9-16-26/h3-4,6-13,15-21,23,31H,1-2,5,14,22,24-25H2. The molecule has 0 N–H and O–H groups in total. The van der Waals surface area contributed by atoms with Gasteiger partial charge in [0, 0.05) is 18.8 Å². The molecular formula is C34H33N3O3. The monoisotopic (exact) mass is 531 g/mol. The summed E-state index contributed by atoms with van der Waals surface area (Å²) in [6, 6.07) is 29.1. The Balaban J connectivity index is 1.67. The minimum Gasteiger partial charge on any atom is -0.482 e. The molecule has 0 bridgehead atoms. The van der Waals surface area contributed by atoms with Crippen molar-refractivity contribution in [1.29, 1.82) is 0 Å². The molecule has 6 nitrogen and oxygen atoms in total. The number of ether oxygens (including phenoxy) is 1. The number of hydrogen-bond donors (Lipinski definition) is 0. The summed E-state index contributed by atoms with van der Waals surface area (Å²) >= 11 is 0. The molecule has 0 aliphatic carbocycles. The van der Waals surface area contributed by atoms with Gasteiger partial charge in [0.1, 0.15) is 13.3 Å². The van der Waals surface area contributed by atoms with Gasteiger partial charge in [0.15, 0.2) is 11.4 Å². The predicted octanol–water partition coefficient (Wildman–Crippen LogP) is 6.18. The van der Waals surface area contributed by atoms with E-state index in [0.717, 1.165) is 35.1 Å². The Hall–Kier alpha value is -4.84. The second-order valence-electron chi connectivity index (χ2n) is 9.70. The number of aromatic nitrogens is 1. The fourth-order valence-corrected chi connectivity index (χ4v) is 5.14. The number of rotatable bonds is 11. The van der Waals surface area contributed by atoms with E-state index in [0.29, 0.717) is 13.2 Å². The number of nitrogens with zero attached hydrogens (tertiary/aromatic N) is 3. The van der Waals surface area contributed by atoms with Crippen LogP contribution in [0.25, 0.3) is 6.08 Å². The molecule has 5 rings (SSSR count). The highest BCUT2D eigenvalue weighted by molar-refractivity contribution is 5.96. The van der Waals surface area contributed by atoms with Crippen LogP contribution in [0.15, 0.2) is 121 Å². The van der Waals surface area contributed by atoms with E-state index in [-0.39, 0.29) is 35.4 Å². The van der Waals surface area contributed by atoms with Crippen molar-refractivity contribution in [3.63, 3.8) is 0 Å². The molecule has 3 aromatic carbocycles. The molecule has 4 aromatic rings. The molecule has 6 heteroatoms. The number of carbonyl (C=O) groups is 1. The van der Waals surface area contributed by atoms with E-state index in [1.54, 1.807) is 15.8 Å². The number of unbranched alkanes of at least 4 members (excludes halogenated alkanes) is 1. The summed E-state index contributed by atoms with van der Waals surface area (Å²) in [7, 11) is 0. The molecule has 1 aromatic heterocycles. The maximum Gasteiger partial charge on any atom is 0.277 e. The van der Waals surface area contributed by atoms with Crippen LogP contribution >= 0.6 is 0 Å². The van der Waals surface area contributed by atoms with Crippen molar-refractivity contribution in [2.24, 2.45) is 0 Å². The van der Waals surface area contributed by atoms with Crippen molar-refractivity contribution in [3.05, 3.63) is 155 Å². The Morgan fingerprint density at radius 1 is 0.875 bits per heavy atom. The lowest BCUT2D eigenvalue weighted by atomic mass is 9.93. The van der Waals surface area contributed by atoms with Crippen molar-refractivity contribution in [2.75, 3.05) is 18.2 Å². The molecule has 1 amide bonds. The van der Waals surface area contributed by atoms with Gasteiger partial charge >= 0.3 is 0 Å². The first-order valence-corrected chi connectivity index (χ1v) is 13.5. The Morgan fingerprint density at radius 2 is 1.57 bits per heavy atom. The molecule has 40 heavy (non-hydrogen) atoms. The van der Waals surface area contributed by atoms with Gasteiger partial charge in [-0.15, -0.1) is 6.58 Å². The summed E-state index contributed by atoms with van der Waals surface area (Å²) in [6.07, 6.45) is 6.93.